The lowest BCUT2D eigenvalue weighted by Crippen LogP contribution is -2.46. The number of hydrogen-bond donors (Lipinski definition) is 1. The molecular weight excluding hydrogens is 240 g/mol. The van der Waals surface area contributed by atoms with E-state index in [0.717, 1.165) is 6.42 Å². The Morgan fingerprint density at radius 2 is 2.11 bits per heavy atom. The summed E-state index contributed by atoms with van der Waals surface area (Å²) in [5.74, 6) is 0.638. The van der Waals surface area contributed by atoms with Crippen molar-refractivity contribution in [3.63, 3.8) is 0 Å². The summed E-state index contributed by atoms with van der Waals surface area (Å²) in [5.41, 5.74) is 8.05. The van der Waals surface area contributed by atoms with E-state index >= 15 is 0 Å². The van der Waals surface area contributed by atoms with E-state index in [1.807, 2.05) is 11.3 Å². The van der Waals surface area contributed by atoms with Gasteiger partial charge in [0, 0.05) is 4.88 Å². The monoisotopic (exact) mass is 264 g/mol. The molecule has 2 N–H and O–H groups in total. The fraction of sp³-hybridized carbons (Fsp3) is 0.800. The van der Waals surface area contributed by atoms with Gasteiger partial charge in [0.15, 0.2) is 0 Å². The van der Waals surface area contributed by atoms with Crippen molar-refractivity contribution in [1.29, 1.82) is 0 Å². The molecule has 2 atom stereocenters. The molecule has 2 unspecified atom stereocenters. The van der Waals surface area contributed by atoms with Gasteiger partial charge in [-0.15, -0.1) is 11.3 Å². The lowest BCUT2D eigenvalue weighted by molar-refractivity contribution is 0.183. The first-order valence-corrected chi connectivity index (χ1v) is 8.33. The standard InChI is InChI=1S/C15H24N2S/c1-2-11-7-5-6-10-15(11,16)14-17-12-8-3-4-9-13(12)18-14/h11H,2-10,16H2,1H3. The minimum atomic E-state index is -0.116. The van der Waals surface area contributed by atoms with Crippen LogP contribution in [0.2, 0.25) is 0 Å². The van der Waals surface area contributed by atoms with Crippen LogP contribution in [0, 0.1) is 5.92 Å². The SMILES string of the molecule is CCC1CCCCC1(N)c1nc2c(s1)CCCC2. The summed E-state index contributed by atoms with van der Waals surface area (Å²) in [6.45, 7) is 2.28. The number of aromatic nitrogens is 1. The maximum atomic E-state index is 6.80. The van der Waals surface area contributed by atoms with E-state index in [-0.39, 0.29) is 5.54 Å². The number of aryl methyl sites for hydroxylation is 2. The molecule has 1 heterocycles. The largest absolute Gasteiger partial charge is 0.319 e. The molecule has 3 heteroatoms. The zero-order chi connectivity index (χ0) is 12.6. The van der Waals surface area contributed by atoms with Crippen molar-refractivity contribution in [3.05, 3.63) is 15.6 Å². The summed E-state index contributed by atoms with van der Waals surface area (Å²) in [7, 11) is 0. The van der Waals surface area contributed by atoms with Gasteiger partial charge >= 0.3 is 0 Å². The van der Waals surface area contributed by atoms with Crippen LogP contribution < -0.4 is 5.73 Å². The molecule has 2 nitrogen and oxygen atoms in total. The van der Waals surface area contributed by atoms with Gasteiger partial charge in [-0.05, 0) is 44.4 Å². The summed E-state index contributed by atoms with van der Waals surface area (Å²) in [5, 5.41) is 1.25. The second kappa shape index (κ2) is 4.93. The smallest absolute Gasteiger partial charge is 0.113 e. The van der Waals surface area contributed by atoms with Crippen molar-refractivity contribution in [2.75, 3.05) is 0 Å². The molecule has 2 aliphatic carbocycles. The zero-order valence-electron chi connectivity index (χ0n) is 11.4. The van der Waals surface area contributed by atoms with Gasteiger partial charge in [0.25, 0.3) is 0 Å². The molecule has 0 amide bonds. The second-order valence-corrected chi connectivity index (χ2v) is 7.07. The Kier molecular flexibility index (Phi) is 3.46. The number of thiazole rings is 1. The van der Waals surface area contributed by atoms with E-state index in [4.69, 9.17) is 10.7 Å². The van der Waals surface area contributed by atoms with Crippen molar-refractivity contribution in [3.8, 4) is 0 Å². The molecular formula is C15H24N2S. The fourth-order valence-electron chi connectivity index (χ4n) is 3.67. The Hall–Kier alpha value is -0.410. The molecule has 0 bridgehead atoms. The highest BCUT2D eigenvalue weighted by Gasteiger charge is 2.40. The van der Waals surface area contributed by atoms with E-state index in [0.29, 0.717) is 5.92 Å². The van der Waals surface area contributed by atoms with Crippen molar-refractivity contribution in [2.45, 2.75) is 70.3 Å². The van der Waals surface area contributed by atoms with Crippen LogP contribution in [-0.2, 0) is 18.4 Å². The van der Waals surface area contributed by atoms with E-state index in [1.54, 1.807) is 0 Å². The van der Waals surface area contributed by atoms with Crippen LogP contribution in [0.25, 0.3) is 0 Å². The molecule has 1 saturated carbocycles. The summed E-state index contributed by atoms with van der Waals surface area (Å²) in [6.07, 6.45) is 11.3. The minimum Gasteiger partial charge on any atom is -0.319 e. The quantitative estimate of drug-likeness (QED) is 0.883. The maximum Gasteiger partial charge on any atom is 0.113 e. The highest BCUT2D eigenvalue weighted by Crippen LogP contribution is 2.44. The van der Waals surface area contributed by atoms with Crippen molar-refractivity contribution >= 4 is 11.3 Å². The summed E-state index contributed by atoms with van der Waals surface area (Å²) >= 11 is 1.92. The third-order valence-electron chi connectivity index (χ3n) is 4.86. The van der Waals surface area contributed by atoms with Crippen molar-refractivity contribution < 1.29 is 0 Å². The van der Waals surface area contributed by atoms with E-state index in [2.05, 4.69) is 6.92 Å². The van der Waals surface area contributed by atoms with Gasteiger partial charge in [-0.2, -0.15) is 0 Å². The van der Waals surface area contributed by atoms with Gasteiger partial charge in [-0.25, -0.2) is 4.98 Å². The van der Waals surface area contributed by atoms with Crippen LogP contribution >= 0.6 is 11.3 Å². The minimum absolute atomic E-state index is 0.116. The number of nitrogens with two attached hydrogens (primary N) is 1. The van der Waals surface area contributed by atoms with Gasteiger partial charge in [0.05, 0.1) is 11.2 Å². The van der Waals surface area contributed by atoms with Crippen LogP contribution in [0.1, 0.15) is 67.4 Å². The molecule has 0 aromatic carbocycles. The van der Waals surface area contributed by atoms with Gasteiger partial charge < -0.3 is 5.73 Å². The number of nitrogens with zero attached hydrogens (tertiary/aromatic N) is 1. The first-order valence-electron chi connectivity index (χ1n) is 7.52. The topological polar surface area (TPSA) is 38.9 Å². The van der Waals surface area contributed by atoms with E-state index in [1.165, 1.54) is 66.9 Å². The van der Waals surface area contributed by atoms with Crippen LogP contribution in [0.4, 0.5) is 0 Å². The maximum absolute atomic E-state index is 6.80. The summed E-state index contributed by atoms with van der Waals surface area (Å²) in [6, 6.07) is 0. The number of rotatable bonds is 2. The molecule has 1 fully saturated rings. The van der Waals surface area contributed by atoms with Gasteiger partial charge in [-0.1, -0.05) is 26.2 Å². The Balaban J connectivity index is 1.94. The average Bonchev–Trinajstić information content (AvgIpc) is 2.83. The predicted molar refractivity (Wildman–Crippen MR) is 76.9 cm³/mol. The van der Waals surface area contributed by atoms with Crippen LogP contribution in [0.5, 0.6) is 0 Å². The van der Waals surface area contributed by atoms with Crippen molar-refractivity contribution in [1.82, 2.24) is 4.98 Å². The Morgan fingerprint density at radius 3 is 2.89 bits per heavy atom. The van der Waals surface area contributed by atoms with Gasteiger partial charge in [-0.3, -0.25) is 0 Å². The van der Waals surface area contributed by atoms with Crippen LogP contribution in [-0.4, -0.2) is 4.98 Å². The van der Waals surface area contributed by atoms with E-state index < -0.39 is 0 Å². The third-order valence-corrected chi connectivity index (χ3v) is 6.21. The Labute approximate surface area is 114 Å². The highest BCUT2D eigenvalue weighted by atomic mass is 32.1. The summed E-state index contributed by atoms with van der Waals surface area (Å²) < 4.78 is 0. The van der Waals surface area contributed by atoms with Gasteiger partial charge in [0.2, 0.25) is 0 Å². The third kappa shape index (κ3) is 2.01. The molecule has 0 aliphatic heterocycles. The van der Waals surface area contributed by atoms with E-state index in [9.17, 15) is 0 Å². The Bertz CT molecular complexity index is 403. The Morgan fingerprint density at radius 1 is 1.28 bits per heavy atom. The molecule has 1 aromatic heterocycles. The van der Waals surface area contributed by atoms with Crippen molar-refractivity contribution in [2.24, 2.45) is 11.7 Å². The van der Waals surface area contributed by atoms with Crippen LogP contribution in [0.3, 0.4) is 0 Å². The van der Waals surface area contributed by atoms with Crippen LogP contribution in [0.15, 0.2) is 0 Å². The molecule has 100 valence electrons. The lowest BCUT2D eigenvalue weighted by atomic mass is 9.72. The fourth-order valence-corrected chi connectivity index (χ4v) is 5.03. The summed E-state index contributed by atoms with van der Waals surface area (Å²) in [4.78, 5) is 6.47. The van der Waals surface area contributed by atoms with Gasteiger partial charge in [0.1, 0.15) is 5.01 Å². The normalized spacial score (nSPS) is 32.2. The lowest BCUT2D eigenvalue weighted by Gasteiger charge is -2.39. The molecule has 0 radical (unpaired) electrons. The molecule has 0 saturated heterocycles. The first-order chi connectivity index (χ1) is 8.74. The second-order valence-electron chi connectivity index (χ2n) is 5.99. The number of fused-ring (bicyclic) bond motifs is 1. The number of hydrogen-bond acceptors (Lipinski definition) is 3. The molecule has 3 rings (SSSR count). The highest BCUT2D eigenvalue weighted by molar-refractivity contribution is 7.11. The average molecular weight is 264 g/mol. The molecule has 0 spiro atoms. The predicted octanol–water partition coefficient (Wildman–Crippen LogP) is 3.78. The zero-order valence-corrected chi connectivity index (χ0v) is 12.2. The molecule has 1 aromatic rings. The molecule has 2 aliphatic rings. The first kappa shape index (κ1) is 12.6. The molecule has 18 heavy (non-hydrogen) atoms.